The number of thiazole rings is 1. The molecule has 1 saturated carbocycles. The van der Waals surface area contributed by atoms with Gasteiger partial charge < -0.3 is 15.7 Å². The van der Waals surface area contributed by atoms with Crippen LogP contribution in [0.4, 0.5) is 11.4 Å². The van der Waals surface area contributed by atoms with Crippen LogP contribution in [0.2, 0.25) is 0 Å². The minimum Gasteiger partial charge on any atom is -0.481 e. The molecule has 0 radical (unpaired) electrons. The van der Waals surface area contributed by atoms with Gasteiger partial charge in [0, 0.05) is 11.4 Å². The summed E-state index contributed by atoms with van der Waals surface area (Å²) in [6.45, 7) is 3.95. The molecule has 2 aliphatic rings. The first-order valence-electron chi connectivity index (χ1n) is 11.4. The van der Waals surface area contributed by atoms with Crippen LogP contribution in [-0.4, -0.2) is 33.6 Å². The first-order chi connectivity index (χ1) is 16.8. The molecule has 2 aliphatic carbocycles. The number of carbonyl (C=O) groups is 3. The molecule has 9 heteroatoms. The van der Waals surface area contributed by atoms with E-state index in [2.05, 4.69) is 15.6 Å². The molecule has 3 N–H and O–H groups in total. The largest absolute Gasteiger partial charge is 0.481 e. The van der Waals surface area contributed by atoms with E-state index in [4.69, 9.17) is 0 Å². The van der Waals surface area contributed by atoms with Gasteiger partial charge in [-0.2, -0.15) is 0 Å². The monoisotopic (exact) mass is 507 g/mol. The number of carbonyl (C=O) groups excluding carboxylic acids is 2. The summed E-state index contributed by atoms with van der Waals surface area (Å²) in [5.41, 5.74) is 4.32. The fraction of sp³-hybridized carbons (Fsp3) is 0.308. The SMILES string of the molecule is Cc1ccc(C)c(NC(=O)CSc2nc3ccc(NC(=O)[C@@H]4[C@@H](C(=O)O)[C@H]5C=C[C@H]4C5)cc3s2)c1. The zero-order valence-corrected chi connectivity index (χ0v) is 20.9. The number of allylic oxidation sites excluding steroid dienone is 2. The number of anilines is 2. The molecular weight excluding hydrogens is 482 g/mol. The Balaban J connectivity index is 1.23. The molecule has 0 aliphatic heterocycles. The highest BCUT2D eigenvalue weighted by Gasteiger charge is 2.51. The summed E-state index contributed by atoms with van der Waals surface area (Å²) in [5.74, 6) is -2.33. The number of aliphatic carboxylic acids is 1. The summed E-state index contributed by atoms with van der Waals surface area (Å²) in [6.07, 6.45) is 4.62. The molecule has 5 rings (SSSR count). The van der Waals surface area contributed by atoms with E-state index in [1.54, 1.807) is 6.07 Å². The summed E-state index contributed by atoms with van der Waals surface area (Å²) >= 11 is 2.83. The average Bonchev–Trinajstić information content (AvgIpc) is 3.54. The second-order valence-electron chi connectivity index (χ2n) is 9.14. The Hall–Kier alpha value is -3.17. The lowest BCUT2D eigenvalue weighted by molar-refractivity contribution is -0.146. The Kier molecular flexibility index (Phi) is 6.37. The second-order valence-corrected chi connectivity index (χ2v) is 11.4. The van der Waals surface area contributed by atoms with Gasteiger partial charge in [-0.15, -0.1) is 11.3 Å². The van der Waals surface area contributed by atoms with E-state index in [1.165, 1.54) is 23.1 Å². The van der Waals surface area contributed by atoms with Crippen LogP contribution >= 0.6 is 23.1 Å². The van der Waals surface area contributed by atoms with Crippen LogP contribution in [0.1, 0.15) is 17.5 Å². The van der Waals surface area contributed by atoms with Crippen LogP contribution in [0.3, 0.4) is 0 Å². The molecule has 2 bridgehead atoms. The summed E-state index contributed by atoms with van der Waals surface area (Å²) < 4.78 is 1.66. The summed E-state index contributed by atoms with van der Waals surface area (Å²) in [4.78, 5) is 41.7. The molecule has 1 fully saturated rings. The summed E-state index contributed by atoms with van der Waals surface area (Å²) in [5, 5.41) is 15.5. The van der Waals surface area contributed by atoms with Crippen molar-refractivity contribution in [2.75, 3.05) is 16.4 Å². The van der Waals surface area contributed by atoms with Crippen LogP contribution in [0, 0.1) is 37.5 Å². The van der Waals surface area contributed by atoms with Crippen LogP contribution in [-0.2, 0) is 14.4 Å². The summed E-state index contributed by atoms with van der Waals surface area (Å²) in [6, 6.07) is 11.4. The lowest BCUT2D eigenvalue weighted by atomic mass is 9.82. The zero-order valence-electron chi connectivity index (χ0n) is 19.3. The smallest absolute Gasteiger partial charge is 0.307 e. The number of hydrogen-bond donors (Lipinski definition) is 3. The van der Waals surface area contributed by atoms with Gasteiger partial charge in [-0.05, 0) is 67.5 Å². The molecule has 3 aromatic rings. The second kappa shape index (κ2) is 9.47. The van der Waals surface area contributed by atoms with E-state index in [0.717, 1.165) is 37.8 Å². The Labute approximate surface area is 211 Å². The molecule has 2 amide bonds. The van der Waals surface area contributed by atoms with Crippen molar-refractivity contribution >= 4 is 62.5 Å². The van der Waals surface area contributed by atoms with E-state index in [9.17, 15) is 19.5 Å². The van der Waals surface area contributed by atoms with E-state index >= 15 is 0 Å². The minimum atomic E-state index is -0.914. The zero-order chi connectivity index (χ0) is 24.7. The first kappa shape index (κ1) is 23.6. The predicted octanol–water partition coefficient (Wildman–Crippen LogP) is 5.11. The normalized spacial score (nSPS) is 22.5. The Morgan fingerprint density at radius 3 is 2.60 bits per heavy atom. The van der Waals surface area contributed by atoms with Crippen LogP contribution in [0.25, 0.3) is 10.2 Å². The number of thioether (sulfide) groups is 1. The third-order valence-corrected chi connectivity index (χ3v) is 8.84. The highest BCUT2D eigenvalue weighted by molar-refractivity contribution is 8.01. The molecule has 1 aromatic heterocycles. The number of fused-ring (bicyclic) bond motifs is 3. The van der Waals surface area contributed by atoms with Crippen LogP contribution < -0.4 is 10.6 Å². The highest BCUT2D eigenvalue weighted by Crippen LogP contribution is 2.48. The maximum absolute atomic E-state index is 13.0. The van der Waals surface area contributed by atoms with E-state index in [1.807, 2.05) is 56.3 Å². The van der Waals surface area contributed by atoms with Crippen molar-refractivity contribution in [2.24, 2.45) is 23.7 Å². The highest BCUT2D eigenvalue weighted by atomic mass is 32.2. The van der Waals surface area contributed by atoms with Crippen molar-refractivity contribution < 1.29 is 19.5 Å². The molecule has 1 heterocycles. The minimum absolute atomic E-state index is 0.0222. The van der Waals surface area contributed by atoms with Gasteiger partial charge in [0.2, 0.25) is 11.8 Å². The molecule has 35 heavy (non-hydrogen) atoms. The number of carboxylic acid groups (broad SMARTS) is 1. The standard InChI is InChI=1S/C26H25N3O4S2/c1-13-3-4-14(2)19(9-13)28-21(30)12-34-26-29-18-8-7-17(11-20(18)35-26)27-24(31)22-15-5-6-16(10-15)23(22)25(32)33/h3-9,11,15-16,22-23H,10,12H2,1-2H3,(H,27,31)(H,28,30)(H,32,33)/t15-,16-,22-,23-/m0/s1. The Bertz CT molecular complexity index is 1370. The fourth-order valence-electron chi connectivity index (χ4n) is 4.97. The number of hydrogen-bond acceptors (Lipinski definition) is 6. The molecule has 0 unspecified atom stereocenters. The molecule has 0 saturated heterocycles. The quantitative estimate of drug-likeness (QED) is 0.303. The third kappa shape index (κ3) is 4.83. The number of benzene rings is 2. The number of rotatable bonds is 7. The molecule has 180 valence electrons. The molecule has 7 nitrogen and oxygen atoms in total. The van der Waals surface area contributed by atoms with Crippen molar-refractivity contribution in [2.45, 2.75) is 24.6 Å². The average molecular weight is 508 g/mol. The Morgan fingerprint density at radius 2 is 1.83 bits per heavy atom. The van der Waals surface area contributed by atoms with Crippen molar-refractivity contribution in [1.82, 2.24) is 4.98 Å². The van der Waals surface area contributed by atoms with Crippen molar-refractivity contribution in [3.05, 3.63) is 59.7 Å². The Morgan fingerprint density at radius 1 is 1.06 bits per heavy atom. The van der Waals surface area contributed by atoms with Crippen LogP contribution in [0.5, 0.6) is 0 Å². The molecule has 0 spiro atoms. The number of aryl methyl sites for hydroxylation is 2. The van der Waals surface area contributed by atoms with Gasteiger partial charge in [0.1, 0.15) is 0 Å². The van der Waals surface area contributed by atoms with Gasteiger partial charge in [-0.1, -0.05) is 36.0 Å². The van der Waals surface area contributed by atoms with Gasteiger partial charge in [-0.25, -0.2) is 4.98 Å². The lowest BCUT2D eigenvalue weighted by Crippen LogP contribution is -2.36. The van der Waals surface area contributed by atoms with Crippen molar-refractivity contribution in [3.8, 4) is 0 Å². The molecule has 4 atom stereocenters. The number of amides is 2. The number of aromatic nitrogens is 1. The van der Waals surface area contributed by atoms with Gasteiger partial charge in [0.15, 0.2) is 4.34 Å². The predicted molar refractivity (Wildman–Crippen MR) is 139 cm³/mol. The third-order valence-electron chi connectivity index (χ3n) is 6.68. The fourth-order valence-corrected chi connectivity index (χ4v) is 6.88. The number of carboxylic acids is 1. The first-order valence-corrected chi connectivity index (χ1v) is 13.2. The maximum atomic E-state index is 13.0. The molecule has 2 aromatic carbocycles. The van der Waals surface area contributed by atoms with Crippen molar-refractivity contribution in [3.63, 3.8) is 0 Å². The van der Waals surface area contributed by atoms with E-state index in [0.29, 0.717) is 5.69 Å². The van der Waals surface area contributed by atoms with Gasteiger partial charge in [0.25, 0.3) is 0 Å². The maximum Gasteiger partial charge on any atom is 0.307 e. The number of nitrogens with zero attached hydrogens (tertiary/aromatic N) is 1. The van der Waals surface area contributed by atoms with E-state index in [-0.39, 0.29) is 29.4 Å². The number of nitrogens with one attached hydrogen (secondary N) is 2. The van der Waals surface area contributed by atoms with E-state index < -0.39 is 17.8 Å². The molecular formula is C26H25N3O4S2. The van der Waals surface area contributed by atoms with Gasteiger partial charge in [-0.3, -0.25) is 14.4 Å². The van der Waals surface area contributed by atoms with Crippen molar-refractivity contribution in [1.29, 1.82) is 0 Å². The topological polar surface area (TPSA) is 108 Å². The van der Waals surface area contributed by atoms with Crippen LogP contribution in [0.15, 0.2) is 52.9 Å². The van der Waals surface area contributed by atoms with Gasteiger partial charge >= 0.3 is 5.97 Å². The van der Waals surface area contributed by atoms with Gasteiger partial charge in [0.05, 0.1) is 27.8 Å². The summed E-state index contributed by atoms with van der Waals surface area (Å²) in [7, 11) is 0. The lowest BCUT2D eigenvalue weighted by Gasteiger charge is -2.23.